The molecule has 4 rings (SSSR count). The average molecular weight is 514 g/mol. The molecular weight excluding hydrogens is 484 g/mol. The van der Waals surface area contributed by atoms with Crippen molar-refractivity contribution in [2.75, 3.05) is 31.6 Å². The molecule has 0 unspecified atom stereocenters. The number of nitrogens with zero attached hydrogens (tertiary/aromatic N) is 3. The number of rotatable bonds is 4. The molecule has 1 aliphatic carbocycles. The smallest absolute Gasteiger partial charge is 0.409 e. The zero-order chi connectivity index (χ0) is 25.7. The van der Waals surface area contributed by atoms with Gasteiger partial charge in [-0.05, 0) is 37.7 Å². The van der Waals surface area contributed by atoms with E-state index < -0.39 is 12.5 Å². The highest BCUT2D eigenvalue weighted by molar-refractivity contribution is 6.30. The molecule has 1 saturated carbocycles. The van der Waals surface area contributed by atoms with Crippen LogP contribution in [0.4, 0.5) is 19.3 Å². The van der Waals surface area contributed by atoms with Gasteiger partial charge in [0.2, 0.25) is 0 Å². The third kappa shape index (κ3) is 6.01. The molecule has 0 radical (unpaired) electrons. The molecule has 3 heterocycles. The molecule has 1 amide bonds. The van der Waals surface area contributed by atoms with Crippen molar-refractivity contribution < 1.29 is 28.2 Å². The fourth-order valence-corrected chi connectivity index (χ4v) is 4.95. The molecule has 12 heteroatoms. The maximum atomic E-state index is 13.5. The number of amidine groups is 1. The number of methoxy groups -OCH3 is 1. The Balaban J connectivity index is 0.00000108. The number of aryl methyl sites for hydroxylation is 1. The van der Waals surface area contributed by atoms with Gasteiger partial charge in [-0.3, -0.25) is 10.2 Å². The van der Waals surface area contributed by atoms with Gasteiger partial charge in [0, 0.05) is 36.8 Å². The fraction of sp³-hybridized carbons (Fsp3) is 0.565. The molecule has 9 nitrogen and oxygen atoms in total. The highest BCUT2D eigenvalue weighted by Gasteiger charge is 2.33. The molecule has 3 aliphatic rings. The van der Waals surface area contributed by atoms with Crippen LogP contribution in [-0.2, 0) is 16.0 Å². The van der Waals surface area contributed by atoms with Gasteiger partial charge < -0.3 is 25.0 Å². The zero-order valence-corrected chi connectivity index (χ0v) is 20.4. The molecule has 0 aromatic carbocycles. The highest BCUT2D eigenvalue weighted by atomic mass is 35.5. The second-order valence-electron chi connectivity index (χ2n) is 8.86. The van der Waals surface area contributed by atoms with Crippen molar-refractivity contribution in [3.63, 3.8) is 0 Å². The van der Waals surface area contributed by atoms with Gasteiger partial charge in [-0.25, -0.2) is 18.6 Å². The predicted molar refractivity (Wildman–Crippen MR) is 127 cm³/mol. The molecule has 0 saturated heterocycles. The Morgan fingerprint density at radius 3 is 2.66 bits per heavy atom. The van der Waals surface area contributed by atoms with Gasteiger partial charge in [0.1, 0.15) is 11.0 Å². The Morgan fingerprint density at radius 2 is 2.06 bits per heavy atom. The Kier molecular flexibility index (Phi) is 8.87. The lowest BCUT2D eigenvalue weighted by Crippen LogP contribution is -2.48. The van der Waals surface area contributed by atoms with Crippen molar-refractivity contribution in [3.05, 3.63) is 33.7 Å². The van der Waals surface area contributed by atoms with Crippen molar-refractivity contribution in [3.8, 4) is 0 Å². The van der Waals surface area contributed by atoms with Gasteiger partial charge >= 0.3 is 6.09 Å². The summed E-state index contributed by atoms with van der Waals surface area (Å²) < 4.78 is 31.8. The van der Waals surface area contributed by atoms with Crippen LogP contribution in [0, 0.1) is 11.3 Å². The number of nitrogens with one attached hydrogen (secondary N) is 2. The number of hydrogen-bond acceptors (Lipinski definition) is 6. The largest absolute Gasteiger partial charge is 0.483 e. The summed E-state index contributed by atoms with van der Waals surface area (Å²) in [5, 5.41) is 19.3. The maximum absolute atomic E-state index is 13.5. The zero-order valence-electron chi connectivity index (χ0n) is 19.7. The van der Waals surface area contributed by atoms with Crippen molar-refractivity contribution in [1.29, 1.82) is 5.41 Å². The number of hydrogen-bond donors (Lipinski definition) is 3. The van der Waals surface area contributed by atoms with Crippen LogP contribution in [0.15, 0.2) is 17.3 Å². The standard InChI is InChI=1S/C22H28ClF2N5O2.CH2O2/c1-12-8-13(9-12)27-16-5-7-29(22(31)32-2)11-15(16)21(26)30-6-3-4-17-18(30)10-14(20(24)25)19(23)28-17;2-1-3/h10,12-13,20,26-27H,3-9,11H2,1-2H3;1H,(H,2,3). The first-order valence-corrected chi connectivity index (χ1v) is 11.8. The van der Waals surface area contributed by atoms with Crippen LogP contribution < -0.4 is 10.2 Å². The van der Waals surface area contributed by atoms with Crippen LogP contribution >= 0.6 is 11.6 Å². The van der Waals surface area contributed by atoms with Gasteiger partial charge in [-0.1, -0.05) is 18.5 Å². The first kappa shape index (κ1) is 26.7. The number of carboxylic acid groups (broad SMARTS) is 1. The number of fused-ring (bicyclic) bond motifs is 1. The summed E-state index contributed by atoms with van der Waals surface area (Å²) in [6, 6.07) is 1.71. The van der Waals surface area contributed by atoms with E-state index in [1.807, 2.05) is 0 Å². The van der Waals surface area contributed by atoms with Crippen LogP contribution in [0.2, 0.25) is 5.15 Å². The number of anilines is 1. The third-order valence-corrected chi connectivity index (χ3v) is 6.77. The number of pyridine rings is 1. The van der Waals surface area contributed by atoms with Crippen LogP contribution in [0.5, 0.6) is 0 Å². The van der Waals surface area contributed by atoms with Gasteiger partial charge in [-0.15, -0.1) is 0 Å². The molecule has 3 N–H and O–H groups in total. The first-order chi connectivity index (χ1) is 16.7. The molecule has 0 atom stereocenters. The molecule has 1 aromatic rings. The van der Waals surface area contributed by atoms with E-state index in [0.717, 1.165) is 25.0 Å². The number of halogens is 3. The van der Waals surface area contributed by atoms with E-state index in [0.29, 0.717) is 54.8 Å². The Labute approximate surface area is 207 Å². The Hall–Kier alpha value is -2.95. The Bertz CT molecular complexity index is 1000. The van der Waals surface area contributed by atoms with Gasteiger partial charge in [0.25, 0.3) is 12.9 Å². The average Bonchev–Trinajstić information content (AvgIpc) is 2.81. The Morgan fingerprint density at radius 1 is 1.37 bits per heavy atom. The van der Waals surface area contributed by atoms with Gasteiger partial charge in [-0.2, -0.15) is 0 Å². The van der Waals surface area contributed by atoms with Crippen LogP contribution in [0.3, 0.4) is 0 Å². The molecule has 0 bridgehead atoms. The first-order valence-electron chi connectivity index (χ1n) is 11.4. The SMILES string of the molecule is COC(=O)N1CCC(NC2CC(C)C2)=C(C(=N)N2CCCc3nc(Cl)c(C(F)F)cc32)C1.O=CO. The molecule has 2 aliphatic heterocycles. The lowest BCUT2D eigenvalue weighted by atomic mass is 9.81. The molecule has 192 valence electrons. The number of carbonyl (C=O) groups excluding carboxylic acids is 1. The number of amides is 1. The van der Waals surface area contributed by atoms with Crippen LogP contribution in [0.25, 0.3) is 0 Å². The van der Waals surface area contributed by atoms with Crippen molar-refractivity contribution in [1.82, 2.24) is 15.2 Å². The molecule has 1 fully saturated rings. The van der Waals surface area contributed by atoms with E-state index in [4.69, 9.17) is 31.6 Å². The summed E-state index contributed by atoms with van der Waals surface area (Å²) in [7, 11) is 1.34. The molecule has 35 heavy (non-hydrogen) atoms. The summed E-state index contributed by atoms with van der Waals surface area (Å²) in [6.45, 7) is 3.19. The van der Waals surface area contributed by atoms with E-state index in [1.54, 1.807) is 9.80 Å². The monoisotopic (exact) mass is 513 g/mol. The number of carbonyl (C=O) groups is 2. The van der Waals surface area contributed by atoms with Crippen molar-refractivity contribution in [2.24, 2.45) is 5.92 Å². The van der Waals surface area contributed by atoms with Crippen LogP contribution in [0.1, 0.15) is 50.3 Å². The van der Waals surface area contributed by atoms with E-state index in [1.165, 1.54) is 13.2 Å². The molecule has 0 spiro atoms. The number of alkyl halides is 2. The minimum absolute atomic E-state index is 0.192. The van der Waals surface area contributed by atoms with E-state index >= 15 is 0 Å². The summed E-state index contributed by atoms with van der Waals surface area (Å²) >= 11 is 5.98. The van der Waals surface area contributed by atoms with Crippen molar-refractivity contribution >= 4 is 35.7 Å². The summed E-state index contributed by atoms with van der Waals surface area (Å²) in [5.74, 6) is 0.863. The maximum Gasteiger partial charge on any atom is 0.409 e. The van der Waals surface area contributed by atoms with Crippen LogP contribution in [-0.4, -0.2) is 66.2 Å². The molecule has 1 aromatic heterocycles. The highest BCUT2D eigenvalue weighted by Crippen LogP contribution is 2.36. The topological polar surface area (TPSA) is 119 Å². The minimum atomic E-state index is -2.75. The second-order valence-corrected chi connectivity index (χ2v) is 9.22. The predicted octanol–water partition coefficient (Wildman–Crippen LogP) is 4.22. The molecular formula is C23H30ClF2N5O4. The van der Waals surface area contributed by atoms with E-state index in [2.05, 4.69) is 17.2 Å². The fourth-order valence-electron chi connectivity index (χ4n) is 4.71. The van der Waals surface area contributed by atoms with Crippen molar-refractivity contribution in [2.45, 2.75) is 51.5 Å². The lowest BCUT2D eigenvalue weighted by Gasteiger charge is -2.40. The number of aromatic nitrogens is 1. The summed E-state index contributed by atoms with van der Waals surface area (Å²) in [4.78, 5) is 28.0. The van der Waals surface area contributed by atoms with E-state index in [9.17, 15) is 13.6 Å². The second kappa shape index (κ2) is 11.7. The van der Waals surface area contributed by atoms with Gasteiger partial charge in [0.05, 0.1) is 30.6 Å². The minimum Gasteiger partial charge on any atom is -0.483 e. The summed E-state index contributed by atoms with van der Waals surface area (Å²) in [6.07, 6.45) is 0.859. The normalized spacial score (nSPS) is 21.4. The van der Waals surface area contributed by atoms with Gasteiger partial charge in [0.15, 0.2) is 0 Å². The third-order valence-electron chi connectivity index (χ3n) is 6.47. The quantitative estimate of drug-likeness (QED) is 0.239. The summed E-state index contributed by atoms with van der Waals surface area (Å²) in [5.41, 5.74) is 2.39. The number of ether oxygens (including phenoxy) is 1. The lowest BCUT2D eigenvalue weighted by molar-refractivity contribution is -0.122. The van der Waals surface area contributed by atoms with E-state index in [-0.39, 0.29) is 29.6 Å².